The van der Waals surface area contributed by atoms with Gasteiger partial charge in [-0.15, -0.1) is 12.4 Å². The number of halogens is 1. The Morgan fingerprint density at radius 2 is 1.78 bits per heavy atom. The fourth-order valence-electron chi connectivity index (χ4n) is 4.62. The van der Waals surface area contributed by atoms with Crippen molar-refractivity contribution in [3.8, 4) is 0 Å². The van der Waals surface area contributed by atoms with Crippen LogP contribution >= 0.6 is 12.4 Å². The second-order valence-corrected chi connectivity index (χ2v) is 8.36. The molecule has 3 rings (SSSR count). The molecule has 154 valence electrons. The lowest BCUT2D eigenvalue weighted by molar-refractivity contribution is -0.126. The minimum Gasteiger partial charge on any atom is -0.353 e. The standard InChI is InChI=1S/C21H35N3O2.ClH/c25-20(14-16-4-2-1-3-5-16)24-19-8-6-18(7-9-19)21(26)23-15-17-10-12-22-13-11-17;/h10,16,18-19,22H,1-9,11-15H2,(H,23,26)(H,24,25);1H. The highest BCUT2D eigenvalue weighted by Gasteiger charge is 2.27. The van der Waals surface area contributed by atoms with E-state index in [9.17, 15) is 9.59 Å². The van der Waals surface area contributed by atoms with E-state index in [-0.39, 0.29) is 36.2 Å². The zero-order valence-electron chi connectivity index (χ0n) is 16.4. The number of nitrogens with one attached hydrogen (secondary N) is 3. The maximum absolute atomic E-state index is 12.4. The van der Waals surface area contributed by atoms with Crippen LogP contribution in [0.15, 0.2) is 11.6 Å². The summed E-state index contributed by atoms with van der Waals surface area (Å²) in [5.41, 5.74) is 1.33. The van der Waals surface area contributed by atoms with E-state index >= 15 is 0 Å². The van der Waals surface area contributed by atoms with Gasteiger partial charge in [0.15, 0.2) is 0 Å². The highest BCUT2D eigenvalue weighted by Crippen LogP contribution is 2.27. The molecule has 0 saturated heterocycles. The summed E-state index contributed by atoms with van der Waals surface area (Å²) in [6.45, 7) is 2.61. The lowest BCUT2D eigenvalue weighted by atomic mass is 9.84. The average molecular weight is 398 g/mol. The van der Waals surface area contributed by atoms with Gasteiger partial charge < -0.3 is 16.0 Å². The molecule has 6 heteroatoms. The zero-order valence-corrected chi connectivity index (χ0v) is 17.3. The minimum absolute atomic E-state index is 0. The number of carbonyl (C=O) groups is 2. The summed E-state index contributed by atoms with van der Waals surface area (Å²) >= 11 is 0. The van der Waals surface area contributed by atoms with Crippen LogP contribution in [0.2, 0.25) is 0 Å². The highest BCUT2D eigenvalue weighted by molar-refractivity contribution is 5.85. The number of carbonyl (C=O) groups excluding carboxylic acids is 2. The fourth-order valence-corrected chi connectivity index (χ4v) is 4.62. The van der Waals surface area contributed by atoms with E-state index in [0.717, 1.165) is 45.2 Å². The average Bonchev–Trinajstić information content (AvgIpc) is 2.68. The first-order chi connectivity index (χ1) is 12.7. The lowest BCUT2D eigenvalue weighted by Gasteiger charge is -2.29. The first-order valence-corrected chi connectivity index (χ1v) is 10.7. The number of rotatable bonds is 6. The highest BCUT2D eigenvalue weighted by atomic mass is 35.5. The smallest absolute Gasteiger partial charge is 0.223 e. The molecule has 0 aromatic rings. The Hall–Kier alpha value is -1.07. The molecular formula is C21H36ClN3O2. The number of amides is 2. The third kappa shape index (κ3) is 7.46. The molecule has 5 nitrogen and oxygen atoms in total. The van der Waals surface area contributed by atoms with E-state index in [1.165, 1.54) is 37.7 Å². The molecule has 27 heavy (non-hydrogen) atoms. The minimum atomic E-state index is 0. The molecule has 0 radical (unpaired) electrons. The monoisotopic (exact) mass is 397 g/mol. The van der Waals surface area contributed by atoms with Gasteiger partial charge in [0.1, 0.15) is 0 Å². The molecular weight excluding hydrogens is 362 g/mol. The Morgan fingerprint density at radius 3 is 2.44 bits per heavy atom. The summed E-state index contributed by atoms with van der Waals surface area (Å²) in [4.78, 5) is 24.7. The Morgan fingerprint density at radius 1 is 1.04 bits per heavy atom. The van der Waals surface area contributed by atoms with Gasteiger partial charge in [-0.05, 0) is 57.4 Å². The molecule has 0 unspecified atom stereocenters. The van der Waals surface area contributed by atoms with Crippen molar-refractivity contribution in [3.63, 3.8) is 0 Å². The van der Waals surface area contributed by atoms with Gasteiger partial charge in [0, 0.05) is 31.5 Å². The van der Waals surface area contributed by atoms with Crippen molar-refractivity contribution >= 4 is 24.2 Å². The summed E-state index contributed by atoms with van der Waals surface area (Å²) in [6.07, 6.45) is 13.9. The Balaban J connectivity index is 0.00000261. The second-order valence-electron chi connectivity index (χ2n) is 8.36. The van der Waals surface area contributed by atoms with Crippen LogP contribution in [0.3, 0.4) is 0 Å². The normalized spacial score (nSPS) is 26.4. The van der Waals surface area contributed by atoms with Crippen LogP contribution < -0.4 is 16.0 Å². The number of hydrogen-bond donors (Lipinski definition) is 3. The maximum atomic E-state index is 12.4. The predicted molar refractivity (Wildman–Crippen MR) is 111 cm³/mol. The van der Waals surface area contributed by atoms with Gasteiger partial charge in [0.25, 0.3) is 0 Å². The van der Waals surface area contributed by atoms with Gasteiger partial charge in [-0.3, -0.25) is 9.59 Å². The molecule has 3 N–H and O–H groups in total. The van der Waals surface area contributed by atoms with Crippen LogP contribution in [0.4, 0.5) is 0 Å². The Labute approximate surface area is 169 Å². The SMILES string of the molecule is Cl.O=C(CC1CCCCC1)NC1CCC(C(=O)NCC2=CCNCC2)CC1. The lowest BCUT2D eigenvalue weighted by Crippen LogP contribution is -2.41. The topological polar surface area (TPSA) is 70.2 Å². The first kappa shape index (κ1) is 22.2. The number of hydrogen-bond acceptors (Lipinski definition) is 3. The van der Waals surface area contributed by atoms with Crippen LogP contribution in [0.25, 0.3) is 0 Å². The third-order valence-corrected chi connectivity index (χ3v) is 6.31. The van der Waals surface area contributed by atoms with Crippen molar-refractivity contribution in [1.29, 1.82) is 0 Å². The molecule has 2 aliphatic carbocycles. The van der Waals surface area contributed by atoms with Crippen LogP contribution in [0, 0.1) is 11.8 Å². The predicted octanol–water partition coefficient (Wildman–Crippen LogP) is 3.09. The van der Waals surface area contributed by atoms with Crippen LogP contribution in [-0.2, 0) is 9.59 Å². The Kier molecular flexibility index (Phi) is 9.63. The molecule has 3 aliphatic rings. The van der Waals surface area contributed by atoms with E-state index in [2.05, 4.69) is 22.0 Å². The van der Waals surface area contributed by atoms with E-state index < -0.39 is 0 Å². The van der Waals surface area contributed by atoms with Gasteiger partial charge in [0.2, 0.25) is 11.8 Å². The quantitative estimate of drug-likeness (QED) is 0.603. The summed E-state index contributed by atoms with van der Waals surface area (Å²) in [6, 6.07) is 0.266. The van der Waals surface area contributed by atoms with Crippen molar-refractivity contribution in [1.82, 2.24) is 16.0 Å². The van der Waals surface area contributed by atoms with Gasteiger partial charge in [-0.2, -0.15) is 0 Å². The van der Waals surface area contributed by atoms with E-state index in [1.807, 2.05) is 0 Å². The molecule has 0 aromatic carbocycles. The van der Waals surface area contributed by atoms with Crippen LogP contribution in [-0.4, -0.2) is 37.5 Å². The Bertz CT molecular complexity index is 510. The fraction of sp³-hybridized carbons (Fsp3) is 0.810. The van der Waals surface area contributed by atoms with Crippen molar-refractivity contribution in [3.05, 3.63) is 11.6 Å². The van der Waals surface area contributed by atoms with Crippen LogP contribution in [0.1, 0.15) is 70.6 Å². The van der Waals surface area contributed by atoms with E-state index in [1.54, 1.807) is 0 Å². The van der Waals surface area contributed by atoms with Crippen molar-refractivity contribution in [2.75, 3.05) is 19.6 Å². The molecule has 2 saturated carbocycles. The second kappa shape index (κ2) is 11.7. The summed E-state index contributed by atoms with van der Waals surface area (Å²) in [5.74, 6) is 1.12. The van der Waals surface area contributed by atoms with Crippen molar-refractivity contribution in [2.24, 2.45) is 11.8 Å². The van der Waals surface area contributed by atoms with Gasteiger partial charge in [-0.1, -0.05) is 30.9 Å². The molecule has 2 fully saturated rings. The van der Waals surface area contributed by atoms with E-state index in [0.29, 0.717) is 18.9 Å². The van der Waals surface area contributed by atoms with Crippen LogP contribution in [0.5, 0.6) is 0 Å². The summed E-state index contributed by atoms with van der Waals surface area (Å²) < 4.78 is 0. The van der Waals surface area contributed by atoms with Crippen molar-refractivity contribution in [2.45, 2.75) is 76.7 Å². The summed E-state index contributed by atoms with van der Waals surface area (Å²) in [5, 5.41) is 9.62. The molecule has 0 bridgehead atoms. The molecule has 0 atom stereocenters. The van der Waals surface area contributed by atoms with Gasteiger partial charge in [0.05, 0.1) is 0 Å². The molecule has 2 amide bonds. The molecule has 1 heterocycles. The first-order valence-electron chi connectivity index (χ1n) is 10.7. The summed E-state index contributed by atoms with van der Waals surface area (Å²) in [7, 11) is 0. The molecule has 1 aliphatic heterocycles. The van der Waals surface area contributed by atoms with E-state index in [4.69, 9.17) is 0 Å². The molecule has 0 spiro atoms. The maximum Gasteiger partial charge on any atom is 0.223 e. The zero-order chi connectivity index (χ0) is 18.2. The van der Waals surface area contributed by atoms with Crippen molar-refractivity contribution < 1.29 is 9.59 Å². The van der Waals surface area contributed by atoms with Gasteiger partial charge in [-0.25, -0.2) is 0 Å². The molecule has 0 aromatic heterocycles. The van der Waals surface area contributed by atoms with Gasteiger partial charge >= 0.3 is 0 Å². The largest absolute Gasteiger partial charge is 0.353 e. The third-order valence-electron chi connectivity index (χ3n) is 6.31.